The quantitative estimate of drug-likeness (QED) is 0.474. The maximum Gasteiger partial charge on any atom is 0.484 e. The lowest BCUT2D eigenvalue weighted by atomic mass is 10.2. The maximum atomic E-state index is 13.7. The minimum atomic E-state index is -4.69. The largest absolute Gasteiger partial charge is 0.484 e. The second-order valence-corrected chi connectivity index (χ2v) is 6.06. The van der Waals surface area contributed by atoms with Crippen LogP contribution in [0.3, 0.4) is 0 Å². The summed E-state index contributed by atoms with van der Waals surface area (Å²) < 4.78 is 67.2. The van der Waals surface area contributed by atoms with E-state index in [9.17, 15) is 26.7 Å². The van der Waals surface area contributed by atoms with E-state index in [4.69, 9.17) is 9.84 Å². The van der Waals surface area contributed by atoms with Crippen LogP contribution in [0.25, 0.3) is 0 Å². The number of aliphatic hydroxyl groups is 1. The SMILES string of the molecule is O=C(NC(F)(F)F)c1ccncc1.OCCNc1nc(N2CCOCC2)c(F)cc1F. The van der Waals surface area contributed by atoms with Gasteiger partial charge < -0.3 is 20.1 Å². The number of aromatic nitrogens is 2. The fourth-order valence-electron chi connectivity index (χ4n) is 2.46. The number of hydrogen-bond acceptors (Lipinski definition) is 7. The first-order valence-electron chi connectivity index (χ1n) is 9.04. The molecular formula is C18H20F5N5O3. The first-order valence-corrected chi connectivity index (χ1v) is 9.04. The lowest BCUT2D eigenvalue weighted by Gasteiger charge is -2.28. The van der Waals surface area contributed by atoms with Crippen LogP contribution in [-0.4, -0.2) is 66.7 Å². The molecule has 170 valence electrons. The molecule has 31 heavy (non-hydrogen) atoms. The van der Waals surface area contributed by atoms with Crippen LogP contribution in [-0.2, 0) is 4.74 Å². The minimum absolute atomic E-state index is 0.0491. The Morgan fingerprint density at radius 2 is 1.81 bits per heavy atom. The highest BCUT2D eigenvalue weighted by atomic mass is 19.4. The normalized spacial score (nSPS) is 13.8. The molecule has 0 bridgehead atoms. The van der Waals surface area contributed by atoms with Crippen LogP contribution in [0.5, 0.6) is 0 Å². The van der Waals surface area contributed by atoms with Crippen molar-refractivity contribution in [3.63, 3.8) is 0 Å². The predicted molar refractivity (Wildman–Crippen MR) is 101 cm³/mol. The van der Waals surface area contributed by atoms with Crippen LogP contribution < -0.4 is 15.5 Å². The van der Waals surface area contributed by atoms with Crippen LogP contribution in [0.2, 0.25) is 0 Å². The third kappa shape index (κ3) is 7.94. The fourth-order valence-corrected chi connectivity index (χ4v) is 2.46. The van der Waals surface area contributed by atoms with Gasteiger partial charge in [0.05, 0.1) is 19.8 Å². The zero-order valence-electron chi connectivity index (χ0n) is 16.1. The van der Waals surface area contributed by atoms with E-state index >= 15 is 0 Å². The Labute approximate surface area is 174 Å². The van der Waals surface area contributed by atoms with Crippen molar-refractivity contribution in [1.29, 1.82) is 0 Å². The van der Waals surface area contributed by atoms with E-state index in [1.54, 1.807) is 4.90 Å². The van der Waals surface area contributed by atoms with Gasteiger partial charge in [-0.3, -0.25) is 15.1 Å². The zero-order chi connectivity index (χ0) is 22.9. The standard InChI is InChI=1S/C11H15F2N3O2.C7H5F3N2O/c12-8-7-9(13)11(15-10(8)14-1-4-17)16-2-5-18-6-3-16;8-7(9,10)12-6(13)5-1-3-11-4-2-5/h7,17H,1-6H2,(H,14,15);1-4H,(H,12,13). The van der Waals surface area contributed by atoms with Crippen molar-refractivity contribution >= 4 is 17.5 Å². The lowest BCUT2D eigenvalue weighted by molar-refractivity contribution is -0.146. The van der Waals surface area contributed by atoms with Gasteiger partial charge >= 0.3 is 6.30 Å². The second-order valence-electron chi connectivity index (χ2n) is 6.06. The van der Waals surface area contributed by atoms with Crippen LogP contribution >= 0.6 is 0 Å². The summed E-state index contributed by atoms with van der Waals surface area (Å²) in [5.41, 5.74) is -0.0766. The Morgan fingerprint density at radius 1 is 1.16 bits per heavy atom. The van der Waals surface area contributed by atoms with Crippen LogP contribution in [0.4, 0.5) is 33.6 Å². The van der Waals surface area contributed by atoms with Crippen LogP contribution in [0.15, 0.2) is 30.6 Å². The molecule has 1 aliphatic rings. The number of ether oxygens (including phenoxy) is 1. The number of amides is 1. The molecule has 2 aromatic heterocycles. The van der Waals surface area contributed by atoms with Crippen molar-refractivity contribution in [2.24, 2.45) is 0 Å². The maximum absolute atomic E-state index is 13.7. The molecule has 3 N–H and O–H groups in total. The van der Waals surface area contributed by atoms with E-state index in [0.717, 1.165) is 11.4 Å². The molecule has 3 rings (SSSR count). The van der Waals surface area contributed by atoms with E-state index < -0.39 is 23.8 Å². The molecule has 13 heteroatoms. The first kappa shape index (κ1) is 24.2. The number of alkyl halides is 3. The lowest BCUT2D eigenvalue weighted by Crippen LogP contribution is -2.37. The van der Waals surface area contributed by atoms with Gasteiger partial charge in [-0.25, -0.2) is 13.8 Å². The molecule has 8 nitrogen and oxygen atoms in total. The van der Waals surface area contributed by atoms with E-state index in [1.165, 1.54) is 24.5 Å². The van der Waals surface area contributed by atoms with Crippen molar-refractivity contribution in [3.8, 4) is 0 Å². The average molecular weight is 449 g/mol. The molecular weight excluding hydrogens is 429 g/mol. The second kappa shape index (κ2) is 11.4. The molecule has 3 heterocycles. The minimum Gasteiger partial charge on any atom is -0.395 e. The third-order valence-electron chi connectivity index (χ3n) is 3.82. The molecule has 1 fully saturated rings. The summed E-state index contributed by atoms with van der Waals surface area (Å²) in [7, 11) is 0. The number of nitrogens with zero attached hydrogens (tertiary/aromatic N) is 3. The number of hydrogen-bond donors (Lipinski definition) is 3. The Morgan fingerprint density at radius 3 is 2.39 bits per heavy atom. The number of carbonyl (C=O) groups excluding carboxylic acids is 1. The Bertz CT molecular complexity index is 848. The van der Waals surface area contributed by atoms with Gasteiger partial charge in [-0.2, -0.15) is 13.2 Å². The molecule has 0 unspecified atom stereocenters. The van der Waals surface area contributed by atoms with E-state index in [0.29, 0.717) is 26.3 Å². The molecule has 0 spiro atoms. The van der Waals surface area contributed by atoms with Crippen LogP contribution in [0.1, 0.15) is 10.4 Å². The van der Waals surface area contributed by atoms with Gasteiger partial charge in [0.1, 0.15) is 0 Å². The summed E-state index contributed by atoms with van der Waals surface area (Å²) in [4.78, 5) is 20.0. The summed E-state index contributed by atoms with van der Waals surface area (Å²) in [5.74, 6) is -2.58. The highest BCUT2D eigenvalue weighted by Gasteiger charge is 2.30. The summed E-state index contributed by atoms with van der Waals surface area (Å²) in [6.45, 7) is 2.06. The van der Waals surface area contributed by atoms with Gasteiger partial charge in [-0.05, 0) is 12.1 Å². The summed E-state index contributed by atoms with van der Waals surface area (Å²) in [6, 6.07) is 3.19. The number of pyridine rings is 2. The molecule has 0 saturated carbocycles. The number of aliphatic hydroxyl groups excluding tert-OH is 1. The zero-order valence-corrected chi connectivity index (χ0v) is 16.1. The van der Waals surface area contributed by atoms with E-state index in [2.05, 4.69) is 15.3 Å². The number of carbonyl (C=O) groups is 1. The predicted octanol–water partition coefficient (Wildman–Crippen LogP) is 1.93. The van der Waals surface area contributed by atoms with Gasteiger partial charge in [0, 0.05) is 43.7 Å². The van der Waals surface area contributed by atoms with Gasteiger partial charge in [0.25, 0.3) is 5.91 Å². The van der Waals surface area contributed by atoms with Gasteiger partial charge in [0.2, 0.25) is 0 Å². The van der Waals surface area contributed by atoms with Gasteiger partial charge in [0.15, 0.2) is 23.3 Å². The van der Waals surface area contributed by atoms with E-state index in [-0.39, 0.29) is 30.4 Å². The summed E-state index contributed by atoms with van der Waals surface area (Å²) >= 11 is 0. The van der Waals surface area contributed by atoms with Gasteiger partial charge in [-0.15, -0.1) is 0 Å². The summed E-state index contributed by atoms with van der Waals surface area (Å²) in [5, 5.41) is 12.2. The molecule has 0 aliphatic carbocycles. The smallest absolute Gasteiger partial charge is 0.395 e. The average Bonchev–Trinajstić information content (AvgIpc) is 2.74. The van der Waals surface area contributed by atoms with E-state index in [1.807, 2.05) is 0 Å². The number of rotatable bonds is 5. The Hall–Kier alpha value is -3.06. The number of nitrogens with one attached hydrogen (secondary N) is 2. The van der Waals surface area contributed by atoms with Crippen LogP contribution in [0, 0.1) is 11.6 Å². The topological polar surface area (TPSA) is 99.6 Å². The molecule has 0 atom stereocenters. The molecule has 1 amide bonds. The van der Waals surface area contributed by atoms with Crippen molar-refractivity contribution in [2.45, 2.75) is 6.30 Å². The molecule has 0 radical (unpaired) electrons. The molecule has 0 aromatic carbocycles. The number of anilines is 2. The number of morpholine rings is 1. The Kier molecular flexibility index (Phi) is 8.88. The number of halogens is 5. The first-order chi connectivity index (χ1) is 14.7. The highest BCUT2D eigenvalue weighted by Crippen LogP contribution is 2.23. The van der Waals surface area contributed by atoms with Crippen molar-refractivity contribution in [1.82, 2.24) is 15.3 Å². The highest BCUT2D eigenvalue weighted by molar-refractivity contribution is 5.94. The Balaban J connectivity index is 0.000000233. The van der Waals surface area contributed by atoms with Crippen molar-refractivity contribution in [2.75, 3.05) is 49.7 Å². The monoisotopic (exact) mass is 449 g/mol. The molecule has 1 aliphatic heterocycles. The van der Waals surface area contributed by atoms with Crippen molar-refractivity contribution < 1.29 is 36.6 Å². The summed E-state index contributed by atoms with van der Waals surface area (Å²) in [6.07, 6.45) is -2.21. The third-order valence-corrected chi connectivity index (χ3v) is 3.82. The molecule has 2 aromatic rings. The fraction of sp³-hybridized carbons (Fsp3) is 0.389. The van der Waals surface area contributed by atoms with Crippen molar-refractivity contribution in [3.05, 3.63) is 47.8 Å². The van der Waals surface area contributed by atoms with Gasteiger partial charge in [-0.1, -0.05) is 0 Å². The molecule has 1 saturated heterocycles.